The van der Waals surface area contributed by atoms with Crippen molar-refractivity contribution >= 4 is 28.6 Å². The van der Waals surface area contributed by atoms with Crippen molar-refractivity contribution in [3.8, 4) is 0 Å². The monoisotopic (exact) mass is 314 g/mol. The fourth-order valence-corrected chi connectivity index (χ4v) is 2.40. The molecule has 4 rings (SSSR count). The number of benzene rings is 3. The van der Waals surface area contributed by atoms with Crippen LogP contribution < -0.4 is 5.32 Å². The number of rotatable bonds is 4. The highest BCUT2D eigenvalue weighted by Crippen LogP contribution is 2.15. The number of hydrogen-bond acceptors (Lipinski definition) is 5. The van der Waals surface area contributed by atoms with E-state index in [4.69, 9.17) is 0 Å². The summed E-state index contributed by atoms with van der Waals surface area (Å²) >= 11 is 0. The summed E-state index contributed by atoms with van der Waals surface area (Å²) in [6, 6.07) is 24.1. The number of hydrogen-bond donors (Lipinski definition) is 1. The van der Waals surface area contributed by atoms with Gasteiger partial charge < -0.3 is 5.32 Å². The van der Waals surface area contributed by atoms with Gasteiger partial charge in [-0.25, -0.2) is 0 Å². The van der Waals surface area contributed by atoms with Gasteiger partial charge in [0.05, 0.1) is 6.21 Å². The topological polar surface area (TPSA) is 68.0 Å². The van der Waals surface area contributed by atoms with Gasteiger partial charge >= 0.3 is 0 Å². The van der Waals surface area contributed by atoms with Gasteiger partial charge in [0.25, 0.3) is 5.95 Å². The third kappa shape index (κ3) is 2.98. The van der Waals surface area contributed by atoms with Gasteiger partial charge in [-0.1, -0.05) is 64.5 Å². The summed E-state index contributed by atoms with van der Waals surface area (Å²) in [6.07, 6.45) is 1.74. The van der Waals surface area contributed by atoms with Crippen LogP contribution in [0.25, 0.3) is 10.8 Å². The van der Waals surface area contributed by atoms with Crippen molar-refractivity contribution in [2.45, 2.75) is 0 Å². The molecule has 0 aliphatic heterocycles. The number of nitrogens with zero attached hydrogens (tertiary/aromatic N) is 5. The number of fused-ring (bicyclic) bond motifs is 1. The molecule has 0 aliphatic carbocycles. The summed E-state index contributed by atoms with van der Waals surface area (Å²) in [6.45, 7) is 0. The number of nitrogens with one attached hydrogen (secondary N) is 1. The smallest absolute Gasteiger partial charge is 0.269 e. The van der Waals surface area contributed by atoms with Crippen molar-refractivity contribution in [2.75, 3.05) is 5.32 Å². The lowest BCUT2D eigenvalue weighted by Crippen LogP contribution is -2.01. The van der Waals surface area contributed by atoms with E-state index >= 15 is 0 Å². The first-order valence-electron chi connectivity index (χ1n) is 7.52. The van der Waals surface area contributed by atoms with Crippen LogP contribution in [0.2, 0.25) is 0 Å². The van der Waals surface area contributed by atoms with E-state index in [1.807, 2.05) is 48.5 Å². The van der Waals surface area contributed by atoms with Crippen LogP contribution in [0.5, 0.6) is 0 Å². The molecule has 6 heteroatoms. The van der Waals surface area contributed by atoms with E-state index in [0.29, 0.717) is 5.95 Å². The van der Waals surface area contributed by atoms with E-state index in [1.54, 1.807) is 6.21 Å². The highest BCUT2D eigenvalue weighted by molar-refractivity contribution is 5.90. The predicted octanol–water partition coefficient (Wildman–Crippen LogP) is 3.45. The van der Waals surface area contributed by atoms with Crippen molar-refractivity contribution in [1.82, 2.24) is 20.3 Å². The number of para-hydroxylation sites is 1. The molecule has 1 heterocycles. The lowest BCUT2D eigenvalue weighted by molar-refractivity contribution is 0.699. The molecule has 0 amide bonds. The van der Waals surface area contributed by atoms with Gasteiger partial charge in [0.15, 0.2) is 0 Å². The first kappa shape index (κ1) is 14.1. The van der Waals surface area contributed by atoms with Crippen molar-refractivity contribution in [3.05, 3.63) is 78.4 Å². The third-order valence-corrected chi connectivity index (χ3v) is 3.57. The van der Waals surface area contributed by atoms with E-state index in [9.17, 15) is 0 Å². The van der Waals surface area contributed by atoms with Crippen molar-refractivity contribution in [1.29, 1.82) is 0 Å². The van der Waals surface area contributed by atoms with Crippen molar-refractivity contribution in [2.24, 2.45) is 5.10 Å². The van der Waals surface area contributed by atoms with Crippen LogP contribution in [-0.2, 0) is 0 Å². The molecule has 0 fully saturated rings. The van der Waals surface area contributed by atoms with Crippen LogP contribution in [0, 0.1) is 0 Å². The molecule has 0 spiro atoms. The van der Waals surface area contributed by atoms with Crippen molar-refractivity contribution < 1.29 is 0 Å². The number of tetrazole rings is 1. The highest BCUT2D eigenvalue weighted by atomic mass is 15.7. The summed E-state index contributed by atoms with van der Waals surface area (Å²) in [7, 11) is 0. The Labute approximate surface area is 138 Å². The molecule has 6 nitrogen and oxygen atoms in total. The Morgan fingerprint density at radius 3 is 2.54 bits per heavy atom. The minimum atomic E-state index is 0.457. The van der Waals surface area contributed by atoms with E-state index in [-0.39, 0.29) is 0 Å². The maximum Gasteiger partial charge on any atom is 0.269 e. The molecule has 0 saturated carbocycles. The standard InChI is InChI=1S/C18H14N6/c1-2-8-17(9-3-1)20-18-21-22-23-24(18)19-13-14-10-11-15-6-4-5-7-16(15)12-14/h1-13H,(H,20,21,23). The summed E-state index contributed by atoms with van der Waals surface area (Å²) < 4.78 is 0. The second kappa shape index (κ2) is 6.29. The van der Waals surface area contributed by atoms with Gasteiger partial charge in [-0.3, -0.25) is 0 Å². The first-order chi connectivity index (χ1) is 11.9. The minimum Gasteiger partial charge on any atom is -0.321 e. The average molecular weight is 314 g/mol. The average Bonchev–Trinajstić information content (AvgIpc) is 3.08. The zero-order valence-electron chi connectivity index (χ0n) is 12.7. The molecule has 0 atom stereocenters. The van der Waals surface area contributed by atoms with Crippen LogP contribution >= 0.6 is 0 Å². The molecular weight excluding hydrogens is 300 g/mol. The van der Waals surface area contributed by atoms with Crippen LogP contribution in [-0.4, -0.2) is 26.5 Å². The molecule has 0 saturated heterocycles. The van der Waals surface area contributed by atoms with E-state index < -0.39 is 0 Å². The molecular formula is C18H14N6. The summed E-state index contributed by atoms with van der Waals surface area (Å²) in [5, 5.41) is 21.3. The van der Waals surface area contributed by atoms with Gasteiger partial charge in [0, 0.05) is 5.69 Å². The summed E-state index contributed by atoms with van der Waals surface area (Å²) in [4.78, 5) is 1.36. The molecule has 0 bridgehead atoms. The van der Waals surface area contributed by atoms with Gasteiger partial charge in [-0.15, -0.1) is 0 Å². The van der Waals surface area contributed by atoms with Crippen LogP contribution in [0.15, 0.2) is 77.9 Å². The molecule has 0 aliphatic rings. The molecule has 24 heavy (non-hydrogen) atoms. The highest BCUT2D eigenvalue weighted by Gasteiger charge is 2.04. The van der Waals surface area contributed by atoms with E-state index in [0.717, 1.165) is 11.3 Å². The Kier molecular flexibility index (Phi) is 3.69. The zero-order chi connectivity index (χ0) is 16.2. The van der Waals surface area contributed by atoms with Crippen LogP contribution in [0.1, 0.15) is 5.56 Å². The molecule has 0 radical (unpaired) electrons. The quantitative estimate of drug-likeness (QED) is 0.586. The molecule has 1 aromatic heterocycles. The van der Waals surface area contributed by atoms with Crippen LogP contribution in [0.3, 0.4) is 0 Å². The number of aromatic nitrogens is 4. The fourth-order valence-electron chi connectivity index (χ4n) is 2.40. The first-order valence-corrected chi connectivity index (χ1v) is 7.52. The minimum absolute atomic E-state index is 0.457. The molecule has 0 unspecified atom stereocenters. The Morgan fingerprint density at radius 1 is 0.875 bits per heavy atom. The zero-order valence-corrected chi connectivity index (χ0v) is 12.7. The molecule has 4 aromatic rings. The predicted molar refractivity (Wildman–Crippen MR) is 94.5 cm³/mol. The molecule has 116 valence electrons. The van der Waals surface area contributed by atoms with E-state index in [2.05, 4.69) is 50.2 Å². The maximum absolute atomic E-state index is 4.33. The third-order valence-electron chi connectivity index (χ3n) is 3.57. The van der Waals surface area contributed by atoms with Gasteiger partial charge in [-0.05, 0) is 45.0 Å². The van der Waals surface area contributed by atoms with E-state index in [1.165, 1.54) is 15.6 Å². The summed E-state index contributed by atoms with van der Waals surface area (Å²) in [5.74, 6) is 0.457. The lowest BCUT2D eigenvalue weighted by atomic mass is 10.1. The second-order valence-electron chi connectivity index (χ2n) is 5.23. The second-order valence-corrected chi connectivity index (χ2v) is 5.23. The Balaban J connectivity index is 1.58. The largest absolute Gasteiger partial charge is 0.321 e. The molecule has 1 N–H and O–H groups in total. The van der Waals surface area contributed by atoms with Crippen molar-refractivity contribution in [3.63, 3.8) is 0 Å². The molecule has 3 aromatic carbocycles. The van der Waals surface area contributed by atoms with Crippen LogP contribution in [0.4, 0.5) is 11.6 Å². The van der Waals surface area contributed by atoms with Gasteiger partial charge in [-0.2, -0.15) is 5.10 Å². The van der Waals surface area contributed by atoms with Gasteiger partial charge in [0.1, 0.15) is 0 Å². The Morgan fingerprint density at radius 2 is 1.67 bits per heavy atom. The number of anilines is 2. The lowest BCUT2D eigenvalue weighted by Gasteiger charge is -2.03. The van der Waals surface area contributed by atoms with Gasteiger partial charge in [0.2, 0.25) is 0 Å². The summed E-state index contributed by atoms with van der Waals surface area (Å²) in [5.41, 5.74) is 1.88. The Bertz CT molecular complexity index is 991. The maximum atomic E-state index is 4.33. The SMILES string of the molecule is C(=Nn1nnnc1Nc1ccccc1)c1ccc2ccccc2c1. The fraction of sp³-hybridized carbons (Fsp3) is 0. The normalized spacial score (nSPS) is 11.2. The Hall–Kier alpha value is -3.54.